The number of aromatic nitrogens is 1. The Bertz CT molecular complexity index is 690. The lowest BCUT2D eigenvalue weighted by Crippen LogP contribution is -2.22. The summed E-state index contributed by atoms with van der Waals surface area (Å²) in [6.07, 6.45) is -1.15. The summed E-state index contributed by atoms with van der Waals surface area (Å²) in [5.74, 6) is 0.994. The first kappa shape index (κ1) is 16.1. The maximum absolute atomic E-state index is 11.9. The van der Waals surface area contributed by atoms with Crippen LogP contribution in [0.15, 0.2) is 29.6 Å². The summed E-state index contributed by atoms with van der Waals surface area (Å²) in [5.41, 5.74) is 0.193. The highest BCUT2D eigenvalue weighted by molar-refractivity contribution is 7.80. The number of carbonyl (C=O) groups is 1. The van der Waals surface area contributed by atoms with Crippen molar-refractivity contribution < 1.29 is 24.1 Å². The molecule has 2 atom stereocenters. The fourth-order valence-electron chi connectivity index (χ4n) is 1.97. The van der Waals surface area contributed by atoms with E-state index in [4.69, 9.17) is 14.2 Å². The first-order chi connectivity index (χ1) is 11.2. The van der Waals surface area contributed by atoms with Gasteiger partial charge in [-0.1, -0.05) is 12.1 Å². The zero-order valence-corrected chi connectivity index (χ0v) is 13.8. The average Bonchev–Trinajstić information content (AvgIpc) is 3.09. The zero-order valence-electron chi connectivity index (χ0n) is 12.0. The highest BCUT2D eigenvalue weighted by Gasteiger charge is 2.26. The number of esters is 1. The molecule has 1 aliphatic rings. The van der Waals surface area contributed by atoms with Crippen molar-refractivity contribution in [2.45, 2.75) is 12.2 Å². The Morgan fingerprint density at radius 1 is 1.48 bits per heavy atom. The fraction of sp³-hybridized carbons (Fsp3) is 0.333. The Hall–Kier alpha value is -1.77. The largest absolute Gasteiger partial charge is 0.485 e. The van der Waals surface area contributed by atoms with E-state index in [-0.39, 0.29) is 24.2 Å². The number of rotatable bonds is 5. The molecule has 2 aromatic rings. The molecule has 0 saturated heterocycles. The van der Waals surface area contributed by atoms with Gasteiger partial charge in [0.2, 0.25) is 0 Å². The molecule has 2 unspecified atom stereocenters. The molecule has 0 fully saturated rings. The third-order valence-electron chi connectivity index (χ3n) is 3.13. The number of carbonyl (C=O) groups excluding carboxylic acids is 1. The molecule has 6 nitrogen and oxygen atoms in total. The van der Waals surface area contributed by atoms with E-state index in [9.17, 15) is 9.90 Å². The van der Waals surface area contributed by atoms with E-state index in [0.717, 1.165) is 0 Å². The molecule has 0 bridgehead atoms. The third-order valence-corrected chi connectivity index (χ3v) is 4.49. The Kier molecular flexibility index (Phi) is 5.04. The van der Waals surface area contributed by atoms with Gasteiger partial charge in [0.25, 0.3) is 0 Å². The highest BCUT2D eigenvalue weighted by atomic mass is 32.1. The van der Waals surface area contributed by atoms with Gasteiger partial charge in [0.15, 0.2) is 23.3 Å². The van der Waals surface area contributed by atoms with Gasteiger partial charge in [0, 0.05) is 11.1 Å². The maximum Gasteiger partial charge on any atom is 0.357 e. The van der Waals surface area contributed by atoms with Crippen LogP contribution >= 0.6 is 24.0 Å². The van der Waals surface area contributed by atoms with Gasteiger partial charge in [-0.3, -0.25) is 0 Å². The molecule has 3 rings (SSSR count). The van der Waals surface area contributed by atoms with Crippen molar-refractivity contribution >= 4 is 29.9 Å². The van der Waals surface area contributed by atoms with Gasteiger partial charge < -0.3 is 19.3 Å². The van der Waals surface area contributed by atoms with Crippen molar-refractivity contribution in [1.82, 2.24) is 4.98 Å². The summed E-state index contributed by atoms with van der Waals surface area (Å²) in [6.45, 7) is 0.225. The predicted octanol–water partition coefficient (Wildman–Crippen LogP) is 2.10. The summed E-state index contributed by atoms with van der Waals surface area (Å²) < 4.78 is 16.5. The maximum atomic E-state index is 11.9. The quantitative estimate of drug-likeness (QED) is 0.633. The molecule has 2 heterocycles. The van der Waals surface area contributed by atoms with E-state index in [1.807, 2.05) is 24.3 Å². The van der Waals surface area contributed by atoms with E-state index in [1.165, 1.54) is 11.3 Å². The van der Waals surface area contributed by atoms with Crippen molar-refractivity contribution in [3.05, 3.63) is 40.3 Å². The predicted molar refractivity (Wildman–Crippen MR) is 87.6 cm³/mol. The molecular weight excluding hydrogens is 338 g/mol. The third kappa shape index (κ3) is 3.77. The molecule has 0 spiro atoms. The highest BCUT2D eigenvalue weighted by Crippen LogP contribution is 2.36. The lowest BCUT2D eigenvalue weighted by Gasteiger charge is -2.24. The van der Waals surface area contributed by atoms with Gasteiger partial charge in [-0.15, -0.1) is 11.3 Å². The van der Waals surface area contributed by atoms with Crippen molar-refractivity contribution in [3.63, 3.8) is 0 Å². The Labute approximate surface area is 142 Å². The standard InChI is InChI=1S/C15H15NO5S2/c17-9(7-22)5-20-15(18)10-8-23-14(16-10)13-6-19-11-3-1-2-4-12(11)21-13/h1-4,8-9,13,17,22H,5-7H2. The minimum absolute atomic E-state index is 0.106. The number of thiol groups is 1. The second kappa shape index (κ2) is 7.20. The number of aliphatic hydroxyl groups excluding tert-OH is 1. The van der Waals surface area contributed by atoms with Crippen LogP contribution in [0.25, 0.3) is 0 Å². The van der Waals surface area contributed by atoms with Crippen LogP contribution in [0.3, 0.4) is 0 Å². The van der Waals surface area contributed by atoms with E-state index < -0.39 is 12.1 Å². The lowest BCUT2D eigenvalue weighted by atomic mass is 10.2. The molecular formula is C15H15NO5S2. The smallest absolute Gasteiger partial charge is 0.357 e. The van der Waals surface area contributed by atoms with Crippen molar-refractivity contribution in [1.29, 1.82) is 0 Å². The first-order valence-corrected chi connectivity index (χ1v) is 8.48. The fourth-order valence-corrected chi connectivity index (χ4v) is 2.87. The zero-order chi connectivity index (χ0) is 16.2. The molecule has 1 aromatic heterocycles. The summed E-state index contributed by atoms with van der Waals surface area (Å²) >= 11 is 5.22. The summed E-state index contributed by atoms with van der Waals surface area (Å²) in [6, 6.07) is 7.40. The van der Waals surface area contributed by atoms with Crippen molar-refractivity contribution in [2.75, 3.05) is 19.0 Å². The SMILES string of the molecule is O=C(OCC(O)CS)c1csc(C2COc3ccccc3O2)n1. The molecule has 1 aliphatic heterocycles. The molecule has 0 aliphatic carbocycles. The van der Waals surface area contributed by atoms with E-state index >= 15 is 0 Å². The minimum Gasteiger partial charge on any atom is -0.485 e. The summed E-state index contributed by atoms with van der Waals surface area (Å²) in [5, 5.41) is 11.6. The number of hydrogen-bond acceptors (Lipinski definition) is 8. The molecule has 0 saturated carbocycles. The number of nitrogens with zero attached hydrogens (tertiary/aromatic N) is 1. The molecule has 0 radical (unpaired) electrons. The van der Waals surface area contributed by atoms with Gasteiger partial charge in [0.05, 0.1) is 6.10 Å². The first-order valence-electron chi connectivity index (χ1n) is 6.97. The van der Waals surface area contributed by atoms with Gasteiger partial charge in [0.1, 0.15) is 18.2 Å². The lowest BCUT2D eigenvalue weighted by molar-refractivity contribution is 0.0299. The van der Waals surface area contributed by atoms with Crippen LogP contribution < -0.4 is 9.47 Å². The molecule has 1 aromatic carbocycles. The van der Waals surface area contributed by atoms with E-state index in [1.54, 1.807) is 5.38 Å². The Morgan fingerprint density at radius 2 is 2.26 bits per heavy atom. The number of thiazole rings is 1. The van der Waals surface area contributed by atoms with Gasteiger partial charge in [-0.2, -0.15) is 12.6 Å². The second-order valence-corrected chi connectivity index (χ2v) is 6.12. The number of fused-ring (bicyclic) bond motifs is 1. The van der Waals surface area contributed by atoms with Crippen LogP contribution in [0.2, 0.25) is 0 Å². The van der Waals surface area contributed by atoms with Crippen LogP contribution in [-0.4, -0.2) is 41.1 Å². The summed E-state index contributed by atoms with van der Waals surface area (Å²) in [4.78, 5) is 16.1. The second-order valence-electron chi connectivity index (χ2n) is 4.87. The number of aliphatic hydroxyl groups is 1. The van der Waals surface area contributed by atoms with Crippen molar-refractivity contribution in [3.8, 4) is 11.5 Å². The van der Waals surface area contributed by atoms with E-state index in [0.29, 0.717) is 23.1 Å². The Morgan fingerprint density at radius 3 is 3.04 bits per heavy atom. The van der Waals surface area contributed by atoms with E-state index in [2.05, 4.69) is 17.6 Å². The van der Waals surface area contributed by atoms with Gasteiger partial charge in [-0.25, -0.2) is 9.78 Å². The van der Waals surface area contributed by atoms with Gasteiger partial charge >= 0.3 is 5.97 Å². The molecule has 23 heavy (non-hydrogen) atoms. The number of ether oxygens (including phenoxy) is 3. The van der Waals surface area contributed by atoms with Crippen LogP contribution in [0.1, 0.15) is 21.6 Å². The summed E-state index contributed by atoms with van der Waals surface area (Å²) in [7, 11) is 0. The van der Waals surface area contributed by atoms with Crippen LogP contribution in [0.5, 0.6) is 11.5 Å². The topological polar surface area (TPSA) is 77.9 Å². The van der Waals surface area contributed by atoms with Crippen LogP contribution in [0.4, 0.5) is 0 Å². The van der Waals surface area contributed by atoms with Gasteiger partial charge in [-0.05, 0) is 12.1 Å². The van der Waals surface area contributed by atoms with Crippen molar-refractivity contribution in [2.24, 2.45) is 0 Å². The van der Waals surface area contributed by atoms with Crippen LogP contribution in [0, 0.1) is 0 Å². The molecule has 122 valence electrons. The number of para-hydroxylation sites is 2. The molecule has 1 N–H and O–H groups in total. The normalized spacial score (nSPS) is 17.6. The molecule has 0 amide bonds. The molecule has 8 heteroatoms. The monoisotopic (exact) mass is 353 g/mol. The average molecular weight is 353 g/mol. The van der Waals surface area contributed by atoms with Crippen LogP contribution in [-0.2, 0) is 4.74 Å². The number of hydrogen-bond donors (Lipinski definition) is 2. The Balaban J connectivity index is 1.65. The number of benzene rings is 1. The minimum atomic E-state index is -0.785.